The molecule has 0 aliphatic carbocycles. The van der Waals surface area contributed by atoms with Crippen LogP contribution < -0.4 is 10.1 Å². The van der Waals surface area contributed by atoms with E-state index in [1.807, 2.05) is 24.3 Å². The summed E-state index contributed by atoms with van der Waals surface area (Å²) in [4.78, 5) is 9.06. The Hall–Kier alpha value is -2.62. The van der Waals surface area contributed by atoms with E-state index in [1.54, 1.807) is 13.3 Å². The fourth-order valence-electron chi connectivity index (χ4n) is 2.39. The number of hydrogen-bond acceptors (Lipinski definition) is 4. The maximum atomic E-state index is 5.21. The Balaban J connectivity index is 1.90. The molecule has 0 saturated heterocycles. The Morgan fingerprint density at radius 1 is 1.00 bits per heavy atom. The Bertz CT molecular complexity index is 837. The van der Waals surface area contributed by atoms with Gasteiger partial charge in [0.25, 0.3) is 0 Å². The highest BCUT2D eigenvalue weighted by atomic mass is 16.5. The number of nitrogens with zero attached hydrogens (tertiary/aromatic N) is 2. The molecule has 2 aromatic carbocycles. The average Bonchev–Trinajstić information content (AvgIpc) is 2.54. The van der Waals surface area contributed by atoms with Gasteiger partial charge in [-0.05, 0) is 35.2 Å². The van der Waals surface area contributed by atoms with E-state index in [2.05, 4.69) is 54.3 Å². The summed E-state index contributed by atoms with van der Waals surface area (Å²) < 4.78 is 5.21. The van der Waals surface area contributed by atoms with Gasteiger partial charge in [-0.15, -0.1) is 0 Å². The molecule has 4 nitrogen and oxygen atoms in total. The molecule has 0 aliphatic heterocycles. The van der Waals surface area contributed by atoms with Crippen molar-refractivity contribution in [1.82, 2.24) is 9.97 Å². The molecule has 1 heterocycles. The van der Waals surface area contributed by atoms with Crippen LogP contribution in [0.5, 0.6) is 5.75 Å². The van der Waals surface area contributed by atoms with Crippen LogP contribution in [0.15, 0.2) is 48.7 Å². The summed E-state index contributed by atoms with van der Waals surface area (Å²) >= 11 is 0. The van der Waals surface area contributed by atoms with E-state index < -0.39 is 0 Å². The number of methoxy groups -OCH3 is 1. The molecule has 0 bridgehead atoms. The first-order chi connectivity index (χ1) is 11.0. The maximum Gasteiger partial charge on any atom is 0.149 e. The molecule has 3 rings (SSSR count). The van der Waals surface area contributed by atoms with E-state index >= 15 is 0 Å². The van der Waals surface area contributed by atoms with Gasteiger partial charge in [-0.1, -0.05) is 32.9 Å². The predicted molar refractivity (Wildman–Crippen MR) is 94.5 cm³/mol. The number of fused-ring (bicyclic) bond motifs is 1. The number of ether oxygens (including phenoxy) is 1. The van der Waals surface area contributed by atoms with Gasteiger partial charge in [0.2, 0.25) is 0 Å². The molecular formula is C19H21N3O. The Morgan fingerprint density at radius 2 is 1.83 bits per heavy atom. The van der Waals surface area contributed by atoms with E-state index in [9.17, 15) is 0 Å². The molecule has 1 aromatic heterocycles. The van der Waals surface area contributed by atoms with E-state index in [1.165, 1.54) is 5.56 Å². The van der Waals surface area contributed by atoms with E-state index in [0.717, 1.165) is 28.3 Å². The fourth-order valence-corrected chi connectivity index (χ4v) is 2.39. The van der Waals surface area contributed by atoms with Gasteiger partial charge in [0, 0.05) is 11.8 Å². The molecule has 0 spiro atoms. The standard InChI is InChI=1S/C19H21N3O/c1-19(2,3)13-6-5-7-14(10-13)21-18-12-20-17-11-15(23-4)8-9-16(17)22-18/h5-12H,1-4H3,(H,21,22). The summed E-state index contributed by atoms with van der Waals surface area (Å²) in [5, 5.41) is 3.33. The van der Waals surface area contributed by atoms with Crippen LogP contribution in [-0.2, 0) is 5.41 Å². The second-order valence-electron chi connectivity index (χ2n) is 6.57. The summed E-state index contributed by atoms with van der Waals surface area (Å²) in [5.74, 6) is 1.51. The molecule has 0 amide bonds. The van der Waals surface area contributed by atoms with Crippen LogP contribution in [0, 0.1) is 0 Å². The smallest absolute Gasteiger partial charge is 0.149 e. The lowest BCUT2D eigenvalue weighted by molar-refractivity contribution is 0.415. The van der Waals surface area contributed by atoms with Crippen molar-refractivity contribution in [2.24, 2.45) is 0 Å². The van der Waals surface area contributed by atoms with Crippen molar-refractivity contribution in [2.75, 3.05) is 12.4 Å². The topological polar surface area (TPSA) is 47.0 Å². The van der Waals surface area contributed by atoms with Crippen LogP contribution in [0.3, 0.4) is 0 Å². The second-order valence-corrected chi connectivity index (χ2v) is 6.57. The average molecular weight is 307 g/mol. The molecule has 0 radical (unpaired) electrons. The van der Waals surface area contributed by atoms with Crippen molar-refractivity contribution in [3.05, 3.63) is 54.2 Å². The lowest BCUT2D eigenvalue weighted by Crippen LogP contribution is -2.11. The first-order valence-electron chi connectivity index (χ1n) is 7.64. The monoisotopic (exact) mass is 307 g/mol. The van der Waals surface area contributed by atoms with Crippen molar-refractivity contribution < 1.29 is 4.74 Å². The van der Waals surface area contributed by atoms with Crippen LogP contribution in [0.4, 0.5) is 11.5 Å². The largest absolute Gasteiger partial charge is 0.497 e. The summed E-state index contributed by atoms with van der Waals surface area (Å²) in [6.45, 7) is 6.61. The molecule has 1 N–H and O–H groups in total. The van der Waals surface area contributed by atoms with Gasteiger partial charge in [-0.3, -0.25) is 4.98 Å². The third-order valence-corrected chi connectivity index (χ3v) is 3.75. The van der Waals surface area contributed by atoms with Crippen LogP contribution in [0.2, 0.25) is 0 Å². The number of anilines is 2. The zero-order chi connectivity index (χ0) is 16.4. The lowest BCUT2D eigenvalue weighted by Gasteiger charge is -2.20. The molecule has 0 unspecified atom stereocenters. The maximum absolute atomic E-state index is 5.21. The predicted octanol–water partition coefficient (Wildman–Crippen LogP) is 4.68. The quantitative estimate of drug-likeness (QED) is 0.763. The Kier molecular flexibility index (Phi) is 3.90. The highest BCUT2D eigenvalue weighted by Gasteiger charge is 2.13. The van der Waals surface area contributed by atoms with Crippen LogP contribution in [0.1, 0.15) is 26.3 Å². The van der Waals surface area contributed by atoms with Gasteiger partial charge in [0.05, 0.1) is 24.3 Å². The highest BCUT2D eigenvalue weighted by molar-refractivity contribution is 5.77. The molecule has 3 aromatic rings. The zero-order valence-electron chi connectivity index (χ0n) is 13.9. The SMILES string of the molecule is COc1ccc2nc(Nc3cccc(C(C)(C)C)c3)cnc2c1. The van der Waals surface area contributed by atoms with Gasteiger partial charge < -0.3 is 10.1 Å². The van der Waals surface area contributed by atoms with Gasteiger partial charge in [0.1, 0.15) is 11.6 Å². The zero-order valence-corrected chi connectivity index (χ0v) is 13.9. The van der Waals surface area contributed by atoms with E-state index in [4.69, 9.17) is 4.74 Å². The van der Waals surface area contributed by atoms with Gasteiger partial charge in [-0.2, -0.15) is 0 Å². The number of hydrogen-bond donors (Lipinski definition) is 1. The van der Waals surface area contributed by atoms with Crippen molar-refractivity contribution in [2.45, 2.75) is 26.2 Å². The minimum absolute atomic E-state index is 0.114. The van der Waals surface area contributed by atoms with Crippen LogP contribution in [0.25, 0.3) is 11.0 Å². The van der Waals surface area contributed by atoms with Gasteiger partial charge >= 0.3 is 0 Å². The number of rotatable bonds is 3. The Morgan fingerprint density at radius 3 is 2.57 bits per heavy atom. The van der Waals surface area contributed by atoms with Crippen LogP contribution in [-0.4, -0.2) is 17.1 Å². The molecule has 4 heteroatoms. The molecule has 0 atom stereocenters. The Labute approximate surface area is 136 Å². The molecule has 0 saturated carbocycles. The van der Waals surface area contributed by atoms with Gasteiger partial charge in [-0.25, -0.2) is 4.98 Å². The summed E-state index contributed by atoms with van der Waals surface area (Å²) in [6, 6.07) is 14.1. The molecule has 118 valence electrons. The summed E-state index contributed by atoms with van der Waals surface area (Å²) in [6.07, 6.45) is 1.74. The normalized spacial score (nSPS) is 11.5. The van der Waals surface area contributed by atoms with Crippen LogP contribution >= 0.6 is 0 Å². The van der Waals surface area contributed by atoms with E-state index in [-0.39, 0.29) is 5.41 Å². The van der Waals surface area contributed by atoms with Gasteiger partial charge in [0.15, 0.2) is 0 Å². The number of benzene rings is 2. The van der Waals surface area contributed by atoms with Crippen molar-refractivity contribution in [1.29, 1.82) is 0 Å². The molecule has 0 fully saturated rings. The second kappa shape index (κ2) is 5.88. The van der Waals surface area contributed by atoms with Crippen molar-refractivity contribution in [3.8, 4) is 5.75 Å². The van der Waals surface area contributed by atoms with Crippen molar-refractivity contribution >= 4 is 22.5 Å². The lowest BCUT2D eigenvalue weighted by atomic mass is 9.87. The highest BCUT2D eigenvalue weighted by Crippen LogP contribution is 2.26. The molecule has 23 heavy (non-hydrogen) atoms. The fraction of sp³-hybridized carbons (Fsp3) is 0.263. The molecule has 0 aliphatic rings. The summed E-state index contributed by atoms with van der Waals surface area (Å²) in [7, 11) is 1.65. The summed E-state index contributed by atoms with van der Waals surface area (Å²) in [5.41, 5.74) is 4.06. The molecular weight excluding hydrogens is 286 g/mol. The minimum atomic E-state index is 0.114. The minimum Gasteiger partial charge on any atom is -0.497 e. The third-order valence-electron chi connectivity index (χ3n) is 3.75. The first-order valence-corrected chi connectivity index (χ1v) is 7.64. The first kappa shape index (κ1) is 15.3. The van der Waals surface area contributed by atoms with Crippen molar-refractivity contribution in [3.63, 3.8) is 0 Å². The third kappa shape index (κ3) is 3.42. The van der Waals surface area contributed by atoms with E-state index in [0.29, 0.717) is 0 Å². The number of aromatic nitrogens is 2. The number of nitrogens with one attached hydrogen (secondary N) is 1.